The van der Waals surface area contributed by atoms with Crippen LogP contribution in [0.1, 0.15) is 24.0 Å². The lowest BCUT2D eigenvalue weighted by Gasteiger charge is -2.02. The van der Waals surface area contributed by atoms with Crippen LogP contribution >= 0.6 is 0 Å². The predicted molar refractivity (Wildman–Crippen MR) is 71.5 cm³/mol. The highest BCUT2D eigenvalue weighted by atomic mass is 15.3. The van der Waals surface area contributed by atoms with E-state index in [9.17, 15) is 0 Å². The predicted octanol–water partition coefficient (Wildman–Crippen LogP) is 1.13. The van der Waals surface area contributed by atoms with Crippen LogP contribution in [0.2, 0.25) is 0 Å². The second-order valence-corrected chi connectivity index (χ2v) is 4.54. The molecule has 5 heteroatoms. The summed E-state index contributed by atoms with van der Waals surface area (Å²) in [4.78, 5) is 4.41. The van der Waals surface area contributed by atoms with Gasteiger partial charge < -0.3 is 9.88 Å². The van der Waals surface area contributed by atoms with Crippen LogP contribution < -0.4 is 5.32 Å². The summed E-state index contributed by atoms with van der Waals surface area (Å²) in [6.45, 7) is 6.95. The minimum atomic E-state index is 0.825. The Morgan fingerprint density at radius 2 is 2.22 bits per heavy atom. The molecule has 0 saturated carbocycles. The van der Waals surface area contributed by atoms with Gasteiger partial charge in [0.1, 0.15) is 0 Å². The maximum absolute atomic E-state index is 4.41. The smallest absolute Gasteiger partial charge is 0.0953 e. The maximum atomic E-state index is 4.41. The molecule has 5 nitrogen and oxygen atoms in total. The molecule has 0 aliphatic heterocycles. The van der Waals surface area contributed by atoms with Crippen LogP contribution in [0.15, 0.2) is 18.6 Å². The average Bonchev–Trinajstić information content (AvgIpc) is 2.88. The molecule has 0 aliphatic carbocycles. The monoisotopic (exact) mass is 247 g/mol. The zero-order chi connectivity index (χ0) is 13.0. The van der Waals surface area contributed by atoms with Crippen molar-refractivity contribution >= 4 is 0 Å². The molecular weight excluding hydrogens is 226 g/mol. The molecule has 18 heavy (non-hydrogen) atoms. The van der Waals surface area contributed by atoms with Crippen molar-refractivity contribution in [3.05, 3.63) is 35.7 Å². The fourth-order valence-corrected chi connectivity index (χ4v) is 2.01. The molecule has 0 bridgehead atoms. The second-order valence-electron chi connectivity index (χ2n) is 4.54. The van der Waals surface area contributed by atoms with E-state index in [1.807, 2.05) is 25.0 Å². The van der Waals surface area contributed by atoms with Crippen LogP contribution in [0.4, 0.5) is 0 Å². The first-order valence-electron chi connectivity index (χ1n) is 6.40. The highest BCUT2D eigenvalue weighted by molar-refractivity contribution is 5.10. The third kappa shape index (κ3) is 3.20. The lowest BCUT2D eigenvalue weighted by molar-refractivity contribution is 0.662. The zero-order valence-electron chi connectivity index (χ0n) is 11.3. The number of nitrogens with zero attached hydrogens (tertiary/aromatic N) is 4. The molecule has 0 spiro atoms. The third-order valence-electron chi connectivity index (χ3n) is 2.94. The molecule has 98 valence electrons. The van der Waals surface area contributed by atoms with Gasteiger partial charge in [0, 0.05) is 26.2 Å². The molecule has 2 aromatic rings. The van der Waals surface area contributed by atoms with E-state index in [0.29, 0.717) is 0 Å². The number of hydrogen-bond acceptors (Lipinski definition) is 3. The molecule has 2 aromatic heterocycles. The van der Waals surface area contributed by atoms with E-state index in [1.165, 1.54) is 5.69 Å². The Morgan fingerprint density at radius 1 is 1.39 bits per heavy atom. The lowest BCUT2D eigenvalue weighted by Crippen LogP contribution is -2.16. The minimum absolute atomic E-state index is 0.825. The summed E-state index contributed by atoms with van der Waals surface area (Å²) in [6.07, 6.45) is 4.98. The highest BCUT2D eigenvalue weighted by Gasteiger charge is 2.04. The van der Waals surface area contributed by atoms with E-state index in [4.69, 9.17) is 0 Å². The Kier molecular flexibility index (Phi) is 4.15. The van der Waals surface area contributed by atoms with Gasteiger partial charge in [-0.25, -0.2) is 4.98 Å². The second kappa shape index (κ2) is 5.82. The van der Waals surface area contributed by atoms with Crippen LogP contribution in [0.3, 0.4) is 0 Å². The molecular formula is C13H21N5. The summed E-state index contributed by atoms with van der Waals surface area (Å²) in [5.74, 6) is 0. The van der Waals surface area contributed by atoms with Crippen molar-refractivity contribution < 1.29 is 0 Å². The number of aromatic nitrogens is 4. The molecule has 2 rings (SSSR count). The van der Waals surface area contributed by atoms with E-state index in [2.05, 4.69) is 39.2 Å². The van der Waals surface area contributed by atoms with Gasteiger partial charge >= 0.3 is 0 Å². The van der Waals surface area contributed by atoms with E-state index >= 15 is 0 Å². The van der Waals surface area contributed by atoms with Crippen molar-refractivity contribution in [3.63, 3.8) is 0 Å². The number of nitrogens with one attached hydrogen (secondary N) is 1. The quantitative estimate of drug-likeness (QED) is 0.778. The van der Waals surface area contributed by atoms with Crippen LogP contribution in [-0.2, 0) is 20.0 Å². The van der Waals surface area contributed by atoms with Gasteiger partial charge in [-0.3, -0.25) is 4.68 Å². The summed E-state index contributed by atoms with van der Waals surface area (Å²) in [6, 6.07) is 2.11. The van der Waals surface area contributed by atoms with Gasteiger partial charge in [-0.1, -0.05) is 6.92 Å². The number of hydrogen-bond donors (Lipinski definition) is 1. The van der Waals surface area contributed by atoms with Crippen molar-refractivity contribution in [2.75, 3.05) is 13.1 Å². The average molecular weight is 247 g/mol. The molecule has 0 radical (unpaired) electrons. The number of likely N-dealkylation sites (N-methyl/N-ethyl adjacent to an activating group) is 1. The molecule has 0 aromatic carbocycles. The first kappa shape index (κ1) is 12.8. The Bertz CT molecular complexity index is 497. The largest absolute Gasteiger partial charge is 0.331 e. The molecule has 0 atom stereocenters. The Balaban J connectivity index is 1.96. The van der Waals surface area contributed by atoms with Crippen LogP contribution in [-0.4, -0.2) is 32.4 Å². The summed E-state index contributed by atoms with van der Waals surface area (Å²) >= 11 is 0. The molecule has 0 unspecified atom stereocenters. The topological polar surface area (TPSA) is 47.7 Å². The van der Waals surface area contributed by atoms with E-state index in [-0.39, 0.29) is 0 Å². The number of aryl methyl sites for hydroxylation is 2. The third-order valence-corrected chi connectivity index (χ3v) is 2.94. The normalized spacial score (nSPS) is 11.1. The Morgan fingerprint density at radius 3 is 2.89 bits per heavy atom. The Hall–Kier alpha value is -1.62. The molecule has 1 N–H and O–H groups in total. The van der Waals surface area contributed by atoms with Crippen molar-refractivity contribution in [3.8, 4) is 0 Å². The van der Waals surface area contributed by atoms with Gasteiger partial charge in [-0.15, -0.1) is 0 Å². The van der Waals surface area contributed by atoms with Crippen molar-refractivity contribution in [2.24, 2.45) is 7.05 Å². The van der Waals surface area contributed by atoms with Crippen LogP contribution in [0.5, 0.6) is 0 Å². The number of rotatable bonds is 6. The van der Waals surface area contributed by atoms with Crippen molar-refractivity contribution in [2.45, 2.75) is 26.8 Å². The fraction of sp³-hybridized carbons (Fsp3) is 0.538. The lowest BCUT2D eigenvalue weighted by atomic mass is 10.3. The minimum Gasteiger partial charge on any atom is -0.331 e. The maximum Gasteiger partial charge on any atom is 0.0953 e. The van der Waals surface area contributed by atoms with E-state index in [1.54, 1.807) is 0 Å². The standard InChI is InChI=1S/C13H21N5/c1-4-14-6-5-12-8-18(10-15-12)9-13-7-11(2)16-17(13)3/h7-8,10,14H,4-6,9H2,1-3H3. The number of imidazole rings is 1. The summed E-state index contributed by atoms with van der Waals surface area (Å²) in [5, 5.41) is 7.65. The molecule has 0 amide bonds. The van der Waals surface area contributed by atoms with Crippen molar-refractivity contribution in [1.82, 2.24) is 24.6 Å². The molecule has 0 fully saturated rings. The SMILES string of the molecule is CCNCCc1cn(Cc2cc(C)nn2C)cn1. The highest BCUT2D eigenvalue weighted by Crippen LogP contribution is 2.06. The van der Waals surface area contributed by atoms with Gasteiger partial charge in [-0.2, -0.15) is 5.10 Å². The summed E-state index contributed by atoms with van der Waals surface area (Å²) in [5.41, 5.74) is 3.39. The van der Waals surface area contributed by atoms with E-state index < -0.39 is 0 Å². The zero-order valence-corrected chi connectivity index (χ0v) is 11.3. The first-order valence-corrected chi connectivity index (χ1v) is 6.40. The fourth-order valence-electron chi connectivity index (χ4n) is 2.01. The first-order chi connectivity index (χ1) is 8.69. The van der Waals surface area contributed by atoms with Gasteiger partial charge in [0.15, 0.2) is 0 Å². The van der Waals surface area contributed by atoms with Gasteiger partial charge in [0.25, 0.3) is 0 Å². The van der Waals surface area contributed by atoms with Crippen molar-refractivity contribution in [1.29, 1.82) is 0 Å². The van der Waals surface area contributed by atoms with Crippen LogP contribution in [0, 0.1) is 6.92 Å². The van der Waals surface area contributed by atoms with Gasteiger partial charge in [0.2, 0.25) is 0 Å². The summed E-state index contributed by atoms with van der Waals surface area (Å²) in [7, 11) is 1.98. The summed E-state index contributed by atoms with van der Waals surface area (Å²) < 4.78 is 4.03. The van der Waals surface area contributed by atoms with Crippen LogP contribution in [0.25, 0.3) is 0 Å². The molecule has 0 saturated heterocycles. The van der Waals surface area contributed by atoms with E-state index in [0.717, 1.165) is 37.4 Å². The molecule has 0 aliphatic rings. The van der Waals surface area contributed by atoms with Gasteiger partial charge in [-0.05, 0) is 19.5 Å². The molecule has 2 heterocycles. The van der Waals surface area contributed by atoms with Gasteiger partial charge in [0.05, 0.1) is 30.0 Å². The Labute approximate surface area is 108 Å².